The first-order valence-electron chi connectivity index (χ1n) is 7.54. The molecule has 1 atom stereocenters. The highest BCUT2D eigenvalue weighted by atomic mass is 32.1. The molecule has 0 saturated carbocycles. The maximum atomic E-state index is 12.7. The highest BCUT2D eigenvalue weighted by Crippen LogP contribution is 2.33. The molecule has 0 aromatic carbocycles. The average molecular weight is 325 g/mol. The van der Waals surface area contributed by atoms with Gasteiger partial charge in [-0.1, -0.05) is 6.92 Å². The standard InChI is InChI=1S/C16H23NO4S/c1-4-12-11(2)8-13(22-12)14(18)17-7-5-6-16(9-17,10-21-3)15(19)20/h8H,4-7,9-10H2,1-3H3,(H,19,20). The number of hydrogen-bond acceptors (Lipinski definition) is 4. The minimum Gasteiger partial charge on any atom is -0.481 e. The van der Waals surface area contributed by atoms with Crippen LogP contribution in [0, 0.1) is 12.3 Å². The van der Waals surface area contributed by atoms with Crippen LogP contribution in [0.3, 0.4) is 0 Å². The van der Waals surface area contributed by atoms with E-state index in [1.807, 2.05) is 13.0 Å². The van der Waals surface area contributed by atoms with Crippen molar-refractivity contribution in [1.29, 1.82) is 0 Å². The number of ether oxygens (including phenoxy) is 1. The van der Waals surface area contributed by atoms with Gasteiger partial charge in [-0.15, -0.1) is 11.3 Å². The number of rotatable bonds is 5. The van der Waals surface area contributed by atoms with Gasteiger partial charge in [0.1, 0.15) is 5.41 Å². The summed E-state index contributed by atoms with van der Waals surface area (Å²) in [4.78, 5) is 27.9. The second-order valence-electron chi connectivity index (χ2n) is 5.92. The van der Waals surface area contributed by atoms with Gasteiger partial charge in [-0.25, -0.2) is 0 Å². The number of methoxy groups -OCH3 is 1. The molecule has 0 aliphatic carbocycles. The highest BCUT2D eigenvalue weighted by Gasteiger charge is 2.44. The lowest BCUT2D eigenvalue weighted by Gasteiger charge is -2.39. The van der Waals surface area contributed by atoms with E-state index in [1.54, 1.807) is 4.90 Å². The third-order valence-corrected chi connectivity index (χ3v) is 5.66. The van der Waals surface area contributed by atoms with E-state index in [0.29, 0.717) is 24.3 Å². The molecule has 1 fully saturated rings. The summed E-state index contributed by atoms with van der Waals surface area (Å²) < 4.78 is 5.10. The van der Waals surface area contributed by atoms with Crippen molar-refractivity contribution in [2.45, 2.75) is 33.1 Å². The van der Waals surface area contributed by atoms with Gasteiger partial charge >= 0.3 is 5.97 Å². The maximum Gasteiger partial charge on any atom is 0.313 e. The Morgan fingerprint density at radius 2 is 2.23 bits per heavy atom. The molecule has 2 rings (SSSR count). The Labute approximate surface area is 134 Å². The van der Waals surface area contributed by atoms with Crippen LogP contribution in [0.2, 0.25) is 0 Å². The van der Waals surface area contributed by atoms with Crippen molar-refractivity contribution in [2.24, 2.45) is 5.41 Å². The van der Waals surface area contributed by atoms with Crippen LogP contribution in [0.1, 0.15) is 39.9 Å². The molecule has 1 aromatic heterocycles. The lowest BCUT2D eigenvalue weighted by atomic mass is 9.80. The molecule has 0 spiro atoms. The van der Waals surface area contributed by atoms with Gasteiger partial charge in [0, 0.05) is 25.1 Å². The van der Waals surface area contributed by atoms with Gasteiger partial charge in [0.25, 0.3) is 5.91 Å². The van der Waals surface area contributed by atoms with Crippen LogP contribution in [0.15, 0.2) is 6.07 Å². The van der Waals surface area contributed by atoms with Gasteiger partial charge in [0.05, 0.1) is 11.5 Å². The van der Waals surface area contributed by atoms with Gasteiger partial charge in [0.2, 0.25) is 0 Å². The quantitative estimate of drug-likeness (QED) is 0.903. The number of amides is 1. The molecule has 122 valence electrons. The van der Waals surface area contributed by atoms with Crippen LogP contribution in [-0.2, 0) is 16.0 Å². The Kier molecular flexibility index (Phi) is 5.24. The molecule has 1 N–H and O–H groups in total. The van der Waals surface area contributed by atoms with Crippen molar-refractivity contribution in [3.63, 3.8) is 0 Å². The van der Waals surface area contributed by atoms with E-state index in [1.165, 1.54) is 23.3 Å². The number of aliphatic carboxylic acids is 1. The Morgan fingerprint density at radius 1 is 1.50 bits per heavy atom. The van der Waals surface area contributed by atoms with E-state index in [0.717, 1.165) is 12.0 Å². The number of aryl methyl sites for hydroxylation is 2. The fraction of sp³-hybridized carbons (Fsp3) is 0.625. The van der Waals surface area contributed by atoms with Crippen molar-refractivity contribution in [1.82, 2.24) is 4.90 Å². The molecule has 1 aliphatic heterocycles. The molecular weight excluding hydrogens is 302 g/mol. The Hall–Kier alpha value is -1.40. The summed E-state index contributed by atoms with van der Waals surface area (Å²) >= 11 is 1.51. The van der Waals surface area contributed by atoms with E-state index in [4.69, 9.17) is 4.74 Å². The first kappa shape index (κ1) is 17.0. The highest BCUT2D eigenvalue weighted by molar-refractivity contribution is 7.14. The number of thiophene rings is 1. The van der Waals surface area contributed by atoms with Crippen LogP contribution in [0.5, 0.6) is 0 Å². The zero-order valence-corrected chi connectivity index (χ0v) is 14.2. The summed E-state index contributed by atoms with van der Waals surface area (Å²) in [6, 6.07) is 1.92. The molecule has 0 bridgehead atoms. The number of piperidine rings is 1. The van der Waals surface area contributed by atoms with Crippen molar-refractivity contribution in [3.8, 4) is 0 Å². The fourth-order valence-electron chi connectivity index (χ4n) is 3.07. The minimum atomic E-state index is -0.984. The van der Waals surface area contributed by atoms with Gasteiger partial charge in [-0.05, 0) is 37.8 Å². The van der Waals surface area contributed by atoms with Crippen molar-refractivity contribution >= 4 is 23.2 Å². The normalized spacial score (nSPS) is 21.9. The summed E-state index contributed by atoms with van der Waals surface area (Å²) in [6.45, 7) is 5.04. The smallest absolute Gasteiger partial charge is 0.313 e. The number of hydrogen-bond donors (Lipinski definition) is 1. The lowest BCUT2D eigenvalue weighted by Crippen LogP contribution is -2.52. The van der Waals surface area contributed by atoms with Gasteiger partial charge in [-0.3, -0.25) is 9.59 Å². The predicted octanol–water partition coefficient (Wildman–Crippen LogP) is 2.57. The van der Waals surface area contributed by atoms with Crippen LogP contribution < -0.4 is 0 Å². The third kappa shape index (κ3) is 3.17. The number of carboxylic acids is 1. The van der Waals surface area contributed by atoms with Crippen LogP contribution in [0.25, 0.3) is 0 Å². The minimum absolute atomic E-state index is 0.0609. The monoisotopic (exact) mass is 325 g/mol. The fourth-order valence-corrected chi connectivity index (χ4v) is 4.15. The molecule has 22 heavy (non-hydrogen) atoms. The number of nitrogens with zero attached hydrogens (tertiary/aromatic N) is 1. The number of likely N-dealkylation sites (tertiary alicyclic amines) is 1. The first-order valence-corrected chi connectivity index (χ1v) is 8.36. The first-order chi connectivity index (χ1) is 10.4. The summed E-state index contributed by atoms with van der Waals surface area (Å²) in [7, 11) is 1.50. The molecule has 1 amide bonds. The van der Waals surface area contributed by atoms with Crippen LogP contribution in [-0.4, -0.2) is 48.7 Å². The predicted molar refractivity (Wildman–Crippen MR) is 85.5 cm³/mol. The zero-order chi connectivity index (χ0) is 16.3. The molecule has 6 heteroatoms. The molecule has 5 nitrogen and oxygen atoms in total. The van der Waals surface area contributed by atoms with Crippen LogP contribution >= 0.6 is 11.3 Å². The summed E-state index contributed by atoms with van der Waals surface area (Å²) in [6.07, 6.45) is 2.14. The average Bonchev–Trinajstić information content (AvgIpc) is 2.88. The van der Waals surface area contributed by atoms with E-state index in [-0.39, 0.29) is 19.1 Å². The van der Waals surface area contributed by atoms with Gasteiger partial charge in [0.15, 0.2) is 0 Å². The number of carbonyl (C=O) groups is 2. The second-order valence-corrected chi connectivity index (χ2v) is 7.06. The Balaban J connectivity index is 2.20. The molecule has 1 aromatic rings. The topological polar surface area (TPSA) is 66.8 Å². The second kappa shape index (κ2) is 6.79. The Morgan fingerprint density at radius 3 is 2.77 bits per heavy atom. The zero-order valence-electron chi connectivity index (χ0n) is 13.3. The molecule has 2 heterocycles. The maximum absolute atomic E-state index is 12.7. The van der Waals surface area contributed by atoms with Crippen molar-refractivity contribution < 1.29 is 19.4 Å². The molecule has 0 radical (unpaired) electrons. The largest absolute Gasteiger partial charge is 0.481 e. The van der Waals surface area contributed by atoms with E-state index < -0.39 is 11.4 Å². The lowest BCUT2D eigenvalue weighted by molar-refractivity contribution is -0.155. The summed E-state index contributed by atoms with van der Waals surface area (Å²) in [5.74, 6) is -0.947. The molecule has 1 saturated heterocycles. The molecular formula is C16H23NO4S. The molecule has 1 unspecified atom stereocenters. The van der Waals surface area contributed by atoms with Crippen LogP contribution in [0.4, 0.5) is 0 Å². The van der Waals surface area contributed by atoms with Gasteiger partial charge in [-0.2, -0.15) is 0 Å². The summed E-state index contributed by atoms with van der Waals surface area (Å²) in [5, 5.41) is 9.56. The van der Waals surface area contributed by atoms with E-state index >= 15 is 0 Å². The SMILES string of the molecule is CCc1sc(C(=O)N2CCCC(COC)(C(=O)O)C2)cc1C. The Bertz CT molecular complexity index is 564. The van der Waals surface area contributed by atoms with E-state index in [2.05, 4.69) is 6.92 Å². The molecule has 1 aliphatic rings. The summed E-state index contributed by atoms with van der Waals surface area (Å²) in [5.41, 5.74) is 0.150. The number of carboxylic acid groups (broad SMARTS) is 1. The number of carbonyl (C=O) groups excluding carboxylic acids is 1. The van der Waals surface area contributed by atoms with Crippen molar-refractivity contribution in [2.75, 3.05) is 26.8 Å². The van der Waals surface area contributed by atoms with E-state index in [9.17, 15) is 14.7 Å². The van der Waals surface area contributed by atoms with Crippen molar-refractivity contribution in [3.05, 3.63) is 21.4 Å². The van der Waals surface area contributed by atoms with Gasteiger partial charge < -0.3 is 14.7 Å². The third-order valence-electron chi connectivity index (χ3n) is 4.29.